The zero-order chi connectivity index (χ0) is 14.4. The van der Waals surface area contributed by atoms with Gasteiger partial charge in [0.25, 0.3) is 0 Å². The van der Waals surface area contributed by atoms with Gasteiger partial charge in [-0.05, 0) is 32.9 Å². The van der Waals surface area contributed by atoms with Gasteiger partial charge in [-0.15, -0.1) is 0 Å². The third-order valence-corrected chi connectivity index (χ3v) is 4.32. The molecule has 0 heterocycles. The molecule has 0 saturated heterocycles. The Kier molecular flexibility index (Phi) is 6.80. The quantitative estimate of drug-likeness (QED) is 0.745. The van der Waals surface area contributed by atoms with Gasteiger partial charge in [0.2, 0.25) is 5.91 Å². The summed E-state index contributed by atoms with van der Waals surface area (Å²) in [5.41, 5.74) is 6.13. The van der Waals surface area contributed by atoms with Gasteiger partial charge < -0.3 is 16.0 Å². The number of carbonyl (C=O) groups excluding carboxylic acids is 1. The highest BCUT2D eigenvalue weighted by molar-refractivity contribution is 5.79. The summed E-state index contributed by atoms with van der Waals surface area (Å²) in [6.07, 6.45) is 5.44. The van der Waals surface area contributed by atoms with Crippen LogP contribution >= 0.6 is 0 Å². The second-order valence-corrected chi connectivity index (χ2v) is 6.43. The summed E-state index contributed by atoms with van der Waals surface area (Å²) in [5.74, 6) is 0.692. The number of hydrogen-bond donors (Lipinski definition) is 2. The fourth-order valence-corrected chi connectivity index (χ4v) is 3.01. The Bertz CT molecular complexity index is 271. The first kappa shape index (κ1) is 16.4. The molecule has 1 fully saturated rings. The van der Waals surface area contributed by atoms with Crippen molar-refractivity contribution in [3.63, 3.8) is 0 Å². The van der Waals surface area contributed by atoms with Crippen molar-refractivity contribution in [2.45, 2.75) is 58.0 Å². The first-order valence-corrected chi connectivity index (χ1v) is 7.63. The minimum Gasteiger partial charge on any atom is -0.354 e. The second kappa shape index (κ2) is 7.85. The number of likely N-dealkylation sites (N-methyl/N-ethyl adjacent to an activating group) is 1. The van der Waals surface area contributed by atoms with Crippen molar-refractivity contribution in [3.8, 4) is 0 Å². The predicted octanol–water partition coefficient (Wildman–Crippen LogP) is 1.60. The van der Waals surface area contributed by atoms with E-state index in [9.17, 15) is 4.79 Å². The van der Waals surface area contributed by atoms with Gasteiger partial charge in [0.05, 0.1) is 5.92 Å². The minimum absolute atomic E-state index is 0.0116. The largest absolute Gasteiger partial charge is 0.354 e. The molecule has 3 unspecified atom stereocenters. The third-order valence-electron chi connectivity index (χ3n) is 4.32. The molecule has 1 rings (SSSR count). The molecular formula is C15H31N3O. The number of nitrogens with one attached hydrogen (secondary N) is 1. The Balaban J connectivity index is 2.49. The Morgan fingerprint density at radius 1 is 1.26 bits per heavy atom. The van der Waals surface area contributed by atoms with Gasteiger partial charge in [-0.3, -0.25) is 4.79 Å². The first-order chi connectivity index (χ1) is 8.93. The monoisotopic (exact) mass is 269 g/mol. The fourth-order valence-electron chi connectivity index (χ4n) is 3.01. The van der Waals surface area contributed by atoms with E-state index in [1.165, 1.54) is 6.42 Å². The molecule has 19 heavy (non-hydrogen) atoms. The molecule has 0 aromatic rings. The van der Waals surface area contributed by atoms with Crippen LogP contribution in [-0.4, -0.2) is 43.5 Å². The van der Waals surface area contributed by atoms with Crippen LogP contribution in [0.3, 0.4) is 0 Å². The number of rotatable bonds is 5. The molecule has 4 heteroatoms. The summed E-state index contributed by atoms with van der Waals surface area (Å²) in [4.78, 5) is 14.5. The summed E-state index contributed by atoms with van der Waals surface area (Å²) < 4.78 is 0. The molecule has 1 aliphatic carbocycles. The van der Waals surface area contributed by atoms with E-state index in [4.69, 9.17) is 5.73 Å². The van der Waals surface area contributed by atoms with Gasteiger partial charge in [-0.1, -0.05) is 33.1 Å². The number of amides is 1. The molecule has 1 aliphatic rings. The van der Waals surface area contributed by atoms with Crippen LogP contribution in [0, 0.1) is 11.8 Å². The lowest BCUT2D eigenvalue weighted by Gasteiger charge is -2.29. The molecular weight excluding hydrogens is 238 g/mol. The van der Waals surface area contributed by atoms with E-state index < -0.39 is 0 Å². The van der Waals surface area contributed by atoms with Gasteiger partial charge in [0.15, 0.2) is 0 Å². The standard InChI is InChI=1S/C15H31N3O/c1-11(2)14(18(3)4)10-17-15(19)12-8-6-5-7-9-13(12)16/h11-14H,5-10,16H2,1-4H3,(H,17,19). The van der Waals surface area contributed by atoms with Crippen molar-refractivity contribution < 1.29 is 4.79 Å². The molecule has 0 aliphatic heterocycles. The van der Waals surface area contributed by atoms with E-state index in [-0.39, 0.29) is 17.9 Å². The van der Waals surface area contributed by atoms with Crippen LogP contribution in [0.4, 0.5) is 0 Å². The molecule has 3 N–H and O–H groups in total. The van der Waals surface area contributed by atoms with Gasteiger partial charge >= 0.3 is 0 Å². The maximum atomic E-state index is 12.3. The lowest BCUT2D eigenvalue weighted by molar-refractivity contribution is -0.126. The molecule has 0 radical (unpaired) electrons. The zero-order valence-electron chi connectivity index (χ0n) is 13.0. The summed E-state index contributed by atoms with van der Waals surface area (Å²) in [5, 5.41) is 3.11. The molecule has 1 saturated carbocycles. The number of carbonyl (C=O) groups is 1. The van der Waals surface area contributed by atoms with Crippen LogP contribution in [0.2, 0.25) is 0 Å². The van der Waals surface area contributed by atoms with Gasteiger partial charge in [0, 0.05) is 18.6 Å². The zero-order valence-corrected chi connectivity index (χ0v) is 13.0. The van der Waals surface area contributed by atoms with Crippen LogP contribution in [0.5, 0.6) is 0 Å². The van der Waals surface area contributed by atoms with E-state index in [1.807, 2.05) is 0 Å². The maximum absolute atomic E-state index is 12.3. The number of nitrogens with two attached hydrogens (primary N) is 1. The summed E-state index contributed by atoms with van der Waals surface area (Å²) in [6.45, 7) is 5.09. The minimum atomic E-state index is 0.0116. The predicted molar refractivity (Wildman–Crippen MR) is 79.9 cm³/mol. The average molecular weight is 269 g/mol. The van der Waals surface area contributed by atoms with E-state index in [0.717, 1.165) is 25.7 Å². The topological polar surface area (TPSA) is 58.4 Å². The molecule has 1 amide bonds. The van der Waals surface area contributed by atoms with Crippen molar-refractivity contribution in [2.75, 3.05) is 20.6 Å². The molecule has 4 nitrogen and oxygen atoms in total. The van der Waals surface area contributed by atoms with Crippen LogP contribution in [0.15, 0.2) is 0 Å². The highest BCUT2D eigenvalue weighted by Crippen LogP contribution is 2.22. The van der Waals surface area contributed by atoms with Crippen LogP contribution in [-0.2, 0) is 4.79 Å². The Morgan fingerprint density at radius 3 is 2.47 bits per heavy atom. The lowest BCUT2D eigenvalue weighted by Crippen LogP contribution is -2.47. The smallest absolute Gasteiger partial charge is 0.224 e. The van der Waals surface area contributed by atoms with E-state index in [1.54, 1.807) is 0 Å². The van der Waals surface area contributed by atoms with Gasteiger partial charge in [0.1, 0.15) is 0 Å². The lowest BCUT2D eigenvalue weighted by atomic mass is 9.94. The van der Waals surface area contributed by atoms with Crippen molar-refractivity contribution in [1.29, 1.82) is 0 Å². The number of hydrogen-bond acceptors (Lipinski definition) is 3. The fraction of sp³-hybridized carbons (Fsp3) is 0.933. The SMILES string of the molecule is CC(C)C(CNC(=O)C1CCCCCC1N)N(C)C. The first-order valence-electron chi connectivity index (χ1n) is 7.63. The van der Waals surface area contributed by atoms with Crippen LogP contribution in [0.1, 0.15) is 46.0 Å². The number of nitrogens with zero attached hydrogens (tertiary/aromatic N) is 1. The second-order valence-electron chi connectivity index (χ2n) is 6.43. The van der Waals surface area contributed by atoms with Gasteiger partial charge in [-0.2, -0.15) is 0 Å². The molecule has 0 aromatic carbocycles. The molecule has 3 atom stereocenters. The van der Waals surface area contributed by atoms with E-state index in [0.29, 0.717) is 18.5 Å². The normalized spacial score (nSPS) is 26.3. The molecule has 0 aromatic heterocycles. The van der Waals surface area contributed by atoms with Crippen LogP contribution < -0.4 is 11.1 Å². The summed E-state index contributed by atoms with van der Waals surface area (Å²) in [6, 6.07) is 0.422. The highest BCUT2D eigenvalue weighted by Gasteiger charge is 2.27. The maximum Gasteiger partial charge on any atom is 0.224 e. The van der Waals surface area contributed by atoms with Crippen molar-refractivity contribution in [1.82, 2.24) is 10.2 Å². The Morgan fingerprint density at radius 2 is 1.89 bits per heavy atom. The van der Waals surface area contributed by atoms with Crippen molar-refractivity contribution in [2.24, 2.45) is 17.6 Å². The Labute approximate surface area is 118 Å². The highest BCUT2D eigenvalue weighted by atomic mass is 16.1. The molecule has 0 bridgehead atoms. The summed E-state index contributed by atoms with van der Waals surface area (Å²) in [7, 11) is 4.13. The van der Waals surface area contributed by atoms with Crippen molar-refractivity contribution in [3.05, 3.63) is 0 Å². The third kappa shape index (κ3) is 5.11. The summed E-state index contributed by atoms with van der Waals surface area (Å²) >= 11 is 0. The van der Waals surface area contributed by atoms with Gasteiger partial charge in [-0.25, -0.2) is 0 Å². The molecule has 0 spiro atoms. The Hall–Kier alpha value is -0.610. The van der Waals surface area contributed by atoms with Crippen LogP contribution in [0.25, 0.3) is 0 Å². The molecule has 112 valence electrons. The average Bonchev–Trinajstić information content (AvgIpc) is 2.52. The van der Waals surface area contributed by atoms with E-state index in [2.05, 4.69) is 38.2 Å². The van der Waals surface area contributed by atoms with E-state index >= 15 is 0 Å². The van der Waals surface area contributed by atoms with Crippen molar-refractivity contribution >= 4 is 5.91 Å².